The SMILES string of the molecule is CCCNCCCCS(=O)(=O)NCCCC(F)(F)F. The number of hydrogen-bond acceptors (Lipinski definition) is 3. The average molecular weight is 304 g/mol. The Hall–Kier alpha value is -0.340. The lowest BCUT2D eigenvalue weighted by molar-refractivity contribution is -0.135. The molecule has 0 rings (SSSR count). The van der Waals surface area contributed by atoms with Crippen LogP contribution in [0.2, 0.25) is 0 Å². The van der Waals surface area contributed by atoms with E-state index in [4.69, 9.17) is 0 Å². The van der Waals surface area contributed by atoms with Crippen molar-refractivity contribution in [2.75, 3.05) is 25.4 Å². The summed E-state index contributed by atoms with van der Waals surface area (Å²) in [6.07, 6.45) is -3.14. The fourth-order valence-electron chi connectivity index (χ4n) is 1.43. The number of rotatable bonds is 11. The molecule has 0 aliphatic rings. The number of hydrogen-bond donors (Lipinski definition) is 2. The Kier molecular flexibility index (Phi) is 9.38. The fourth-order valence-corrected chi connectivity index (χ4v) is 2.62. The number of alkyl halides is 3. The molecule has 116 valence electrons. The van der Waals surface area contributed by atoms with Crippen molar-refractivity contribution >= 4 is 10.0 Å². The summed E-state index contributed by atoms with van der Waals surface area (Å²) in [4.78, 5) is 0. The maximum absolute atomic E-state index is 11.8. The molecule has 0 atom stereocenters. The summed E-state index contributed by atoms with van der Waals surface area (Å²) < 4.78 is 60.6. The van der Waals surface area contributed by atoms with Gasteiger partial charge in [-0.15, -0.1) is 0 Å². The lowest BCUT2D eigenvalue weighted by atomic mass is 10.3. The van der Waals surface area contributed by atoms with Crippen LogP contribution in [0.25, 0.3) is 0 Å². The largest absolute Gasteiger partial charge is 0.389 e. The summed E-state index contributed by atoms with van der Waals surface area (Å²) in [5.41, 5.74) is 0. The van der Waals surface area contributed by atoms with E-state index in [2.05, 4.69) is 10.0 Å². The molecule has 8 heteroatoms. The summed E-state index contributed by atoms with van der Waals surface area (Å²) in [5, 5.41) is 3.15. The van der Waals surface area contributed by atoms with Crippen LogP contribution in [0.15, 0.2) is 0 Å². The Labute approximate surface area is 113 Å². The minimum Gasteiger partial charge on any atom is -0.317 e. The second-order valence-corrected chi connectivity index (χ2v) is 6.32. The molecule has 0 saturated carbocycles. The van der Waals surface area contributed by atoms with Crippen LogP contribution in [0.3, 0.4) is 0 Å². The number of sulfonamides is 1. The van der Waals surface area contributed by atoms with Crippen molar-refractivity contribution in [3.8, 4) is 0 Å². The van der Waals surface area contributed by atoms with Crippen LogP contribution >= 0.6 is 0 Å². The highest BCUT2D eigenvalue weighted by atomic mass is 32.2. The van der Waals surface area contributed by atoms with Gasteiger partial charge in [0.1, 0.15) is 0 Å². The first-order valence-electron chi connectivity index (χ1n) is 6.51. The molecule has 0 aromatic heterocycles. The molecule has 19 heavy (non-hydrogen) atoms. The van der Waals surface area contributed by atoms with Gasteiger partial charge in [0.15, 0.2) is 0 Å². The van der Waals surface area contributed by atoms with E-state index in [1.165, 1.54) is 0 Å². The van der Waals surface area contributed by atoms with Gasteiger partial charge in [-0.05, 0) is 38.8 Å². The van der Waals surface area contributed by atoms with Crippen molar-refractivity contribution in [3.05, 3.63) is 0 Å². The topological polar surface area (TPSA) is 58.2 Å². The zero-order valence-electron chi connectivity index (χ0n) is 11.2. The van der Waals surface area contributed by atoms with Crippen LogP contribution in [0, 0.1) is 0 Å². The summed E-state index contributed by atoms with van der Waals surface area (Å²) >= 11 is 0. The minimum absolute atomic E-state index is 0.0349. The van der Waals surface area contributed by atoms with E-state index in [0.717, 1.165) is 25.9 Å². The van der Waals surface area contributed by atoms with E-state index in [9.17, 15) is 21.6 Å². The molecule has 0 radical (unpaired) electrons. The second kappa shape index (κ2) is 9.55. The standard InChI is InChI=1S/C11H23F3N2O2S/c1-2-7-15-8-3-4-10-19(17,18)16-9-5-6-11(12,13)14/h15-16H,2-10H2,1H3. The molecule has 0 aliphatic carbocycles. The Morgan fingerprint density at radius 3 is 2.26 bits per heavy atom. The Balaban J connectivity index is 3.58. The van der Waals surface area contributed by atoms with Gasteiger partial charge in [0.2, 0.25) is 10.0 Å². The monoisotopic (exact) mass is 304 g/mol. The molecular weight excluding hydrogens is 281 g/mol. The maximum Gasteiger partial charge on any atom is 0.389 e. The van der Waals surface area contributed by atoms with Crippen molar-refractivity contribution in [1.82, 2.24) is 10.0 Å². The van der Waals surface area contributed by atoms with Crippen molar-refractivity contribution in [3.63, 3.8) is 0 Å². The zero-order valence-corrected chi connectivity index (χ0v) is 12.0. The van der Waals surface area contributed by atoms with E-state index in [1.54, 1.807) is 0 Å². The lowest BCUT2D eigenvalue weighted by Gasteiger charge is -2.08. The third-order valence-corrected chi connectivity index (χ3v) is 3.87. The molecule has 0 aliphatic heterocycles. The number of halogens is 3. The molecule has 0 bridgehead atoms. The van der Waals surface area contributed by atoms with Crippen molar-refractivity contribution in [1.29, 1.82) is 0 Å². The average Bonchev–Trinajstić information content (AvgIpc) is 2.28. The molecule has 0 unspecified atom stereocenters. The van der Waals surface area contributed by atoms with E-state index in [1.807, 2.05) is 6.92 Å². The Bertz CT molecular complexity index is 318. The summed E-state index contributed by atoms with van der Waals surface area (Å²) in [6, 6.07) is 0. The van der Waals surface area contributed by atoms with E-state index >= 15 is 0 Å². The van der Waals surface area contributed by atoms with Crippen LogP contribution in [0.1, 0.15) is 39.0 Å². The normalized spacial score (nSPS) is 12.8. The predicted octanol–water partition coefficient (Wildman–Crippen LogP) is 2.03. The van der Waals surface area contributed by atoms with Crippen molar-refractivity contribution in [2.45, 2.75) is 45.2 Å². The first kappa shape index (κ1) is 18.7. The molecule has 0 aromatic rings. The predicted molar refractivity (Wildman–Crippen MR) is 69.5 cm³/mol. The number of nitrogens with one attached hydrogen (secondary N) is 2. The minimum atomic E-state index is -4.23. The molecule has 0 fully saturated rings. The third kappa shape index (κ3) is 13.9. The molecule has 0 heterocycles. The molecular formula is C11H23F3N2O2S. The maximum atomic E-state index is 11.8. The van der Waals surface area contributed by atoms with Crippen LogP contribution in [-0.2, 0) is 10.0 Å². The molecule has 0 aromatic carbocycles. The van der Waals surface area contributed by atoms with Gasteiger partial charge in [-0.25, -0.2) is 13.1 Å². The number of unbranched alkanes of at least 4 members (excludes halogenated alkanes) is 1. The first-order chi connectivity index (χ1) is 8.77. The van der Waals surface area contributed by atoms with Gasteiger partial charge >= 0.3 is 6.18 Å². The third-order valence-electron chi connectivity index (χ3n) is 2.40. The van der Waals surface area contributed by atoms with Crippen LogP contribution in [-0.4, -0.2) is 40.0 Å². The van der Waals surface area contributed by atoms with Crippen molar-refractivity contribution < 1.29 is 21.6 Å². The molecule has 0 spiro atoms. The quantitative estimate of drug-likeness (QED) is 0.574. The Morgan fingerprint density at radius 1 is 1.00 bits per heavy atom. The van der Waals surface area contributed by atoms with Gasteiger partial charge in [0.05, 0.1) is 5.75 Å². The van der Waals surface area contributed by atoms with Gasteiger partial charge in [-0.1, -0.05) is 6.92 Å². The lowest BCUT2D eigenvalue weighted by Crippen LogP contribution is -2.28. The summed E-state index contributed by atoms with van der Waals surface area (Å²) in [6.45, 7) is 3.55. The van der Waals surface area contributed by atoms with Crippen molar-refractivity contribution in [2.24, 2.45) is 0 Å². The van der Waals surface area contributed by atoms with Crippen LogP contribution in [0.4, 0.5) is 13.2 Å². The van der Waals surface area contributed by atoms with Gasteiger partial charge in [0.25, 0.3) is 0 Å². The van der Waals surface area contributed by atoms with Gasteiger partial charge in [-0.2, -0.15) is 13.2 Å². The zero-order chi connectivity index (χ0) is 14.8. The van der Waals surface area contributed by atoms with Gasteiger partial charge in [-0.3, -0.25) is 0 Å². The van der Waals surface area contributed by atoms with Gasteiger partial charge < -0.3 is 5.32 Å². The molecule has 4 nitrogen and oxygen atoms in total. The highest BCUT2D eigenvalue weighted by Gasteiger charge is 2.26. The van der Waals surface area contributed by atoms with E-state index in [-0.39, 0.29) is 18.7 Å². The van der Waals surface area contributed by atoms with Crippen LogP contribution in [0.5, 0.6) is 0 Å². The molecule has 2 N–H and O–H groups in total. The summed E-state index contributed by atoms with van der Waals surface area (Å²) in [7, 11) is -3.44. The first-order valence-corrected chi connectivity index (χ1v) is 8.17. The van der Waals surface area contributed by atoms with E-state index in [0.29, 0.717) is 6.42 Å². The highest BCUT2D eigenvalue weighted by Crippen LogP contribution is 2.20. The van der Waals surface area contributed by atoms with Crippen LogP contribution < -0.4 is 10.0 Å². The smallest absolute Gasteiger partial charge is 0.317 e. The Morgan fingerprint density at radius 2 is 1.68 bits per heavy atom. The highest BCUT2D eigenvalue weighted by molar-refractivity contribution is 7.89. The molecule has 0 amide bonds. The van der Waals surface area contributed by atoms with Gasteiger partial charge in [0, 0.05) is 13.0 Å². The molecule has 0 saturated heterocycles. The fraction of sp³-hybridized carbons (Fsp3) is 1.00. The van der Waals surface area contributed by atoms with E-state index < -0.39 is 22.6 Å². The summed E-state index contributed by atoms with van der Waals surface area (Å²) in [5.74, 6) is -0.0349. The second-order valence-electron chi connectivity index (χ2n) is 4.39.